The van der Waals surface area contributed by atoms with Crippen LogP contribution in [0.1, 0.15) is 271 Å². The van der Waals surface area contributed by atoms with E-state index in [1.54, 1.807) is 6.08 Å². The lowest BCUT2D eigenvalue weighted by Crippen LogP contribution is -2.65. The molecule has 2 fully saturated rings. The molecule has 14 heteroatoms. The lowest BCUT2D eigenvalue weighted by molar-refractivity contribution is -0.359. The minimum atomic E-state index is -1.79. The van der Waals surface area contributed by atoms with Crippen LogP contribution in [0.2, 0.25) is 0 Å². The van der Waals surface area contributed by atoms with E-state index in [2.05, 4.69) is 31.3 Å². The second-order valence-electron chi connectivity index (χ2n) is 22.5. The summed E-state index contributed by atoms with van der Waals surface area (Å²) in [5, 5.41) is 87.1. The Hall–Kier alpha value is -1.53. The lowest BCUT2D eigenvalue weighted by atomic mass is 9.97. The molecular weight excluding hydrogens is 967 g/mol. The molecule has 9 N–H and O–H groups in total. The summed E-state index contributed by atoms with van der Waals surface area (Å²) in [7, 11) is 0. The van der Waals surface area contributed by atoms with Gasteiger partial charge in [-0.3, -0.25) is 4.79 Å². The maximum Gasteiger partial charge on any atom is 0.220 e. The first-order chi connectivity index (χ1) is 37.1. The average molecular weight is 1080 g/mol. The molecule has 1 amide bonds. The van der Waals surface area contributed by atoms with E-state index in [1.165, 1.54) is 205 Å². The molecule has 0 radical (unpaired) electrons. The van der Waals surface area contributed by atoms with Crippen LogP contribution >= 0.6 is 0 Å². The van der Waals surface area contributed by atoms with E-state index in [0.717, 1.165) is 32.1 Å². The van der Waals surface area contributed by atoms with Gasteiger partial charge in [0.05, 0.1) is 32.0 Å². The molecule has 0 aromatic rings. The smallest absolute Gasteiger partial charge is 0.220 e. The van der Waals surface area contributed by atoms with E-state index in [1.807, 2.05) is 6.08 Å². The average Bonchev–Trinajstić information content (AvgIpc) is 3.42. The minimum Gasteiger partial charge on any atom is -0.394 e. The van der Waals surface area contributed by atoms with Crippen molar-refractivity contribution >= 4 is 5.91 Å². The lowest BCUT2D eigenvalue weighted by Gasteiger charge is -2.46. The zero-order valence-corrected chi connectivity index (χ0v) is 48.3. The van der Waals surface area contributed by atoms with E-state index in [-0.39, 0.29) is 18.9 Å². The van der Waals surface area contributed by atoms with Gasteiger partial charge in [0.2, 0.25) is 5.91 Å². The van der Waals surface area contributed by atoms with Gasteiger partial charge in [-0.1, -0.05) is 256 Å². The summed E-state index contributed by atoms with van der Waals surface area (Å²) in [6, 6.07) is -0.927. The highest BCUT2D eigenvalue weighted by Gasteiger charge is 2.51. The van der Waals surface area contributed by atoms with Crippen molar-refractivity contribution in [2.45, 2.75) is 344 Å². The van der Waals surface area contributed by atoms with Gasteiger partial charge in [-0.15, -0.1) is 0 Å². The summed E-state index contributed by atoms with van der Waals surface area (Å²) in [6.07, 6.45) is 40.9. The predicted molar refractivity (Wildman–Crippen MR) is 305 cm³/mol. The van der Waals surface area contributed by atoms with Crippen molar-refractivity contribution in [1.29, 1.82) is 0 Å². The topological polar surface area (TPSA) is 228 Å². The SMILES string of the molecule is CCCCCCCCCCCCCCCCCCCCCCCC/C=C/CC/C=C/C(O)C(COC1OC(CO)C(OC2OC(CO)C(O)C(O)C2O)C(O)C1O)NC(=O)CCCCCCCCCCCCCCCC. The Bertz CT molecular complexity index is 1370. The molecule has 2 aliphatic heterocycles. The zero-order chi connectivity index (χ0) is 55.3. The summed E-state index contributed by atoms with van der Waals surface area (Å²) < 4.78 is 22.8. The number of ether oxygens (including phenoxy) is 4. The fourth-order valence-electron chi connectivity index (χ4n) is 10.5. The second kappa shape index (κ2) is 48.2. The molecule has 0 spiro atoms. The number of amides is 1. The molecule has 0 bridgehead atoms. The number of nitrogens with one attached hydrogen (secondary N) is 1. The quantitative estimate of drug-likeness (QED) is 0.0204. The maximum atomic E-state index is 13.2. The first kappa shape index (κ1) is 70.6. The summed E-state index contributed by atoms with van der Waals surface area (Å²) in [4.78, 5) is 13.2. The molecule has 12 atom stereocenters. The number of aliphatic hydroxyl groups excluding tert-OH is 8. The third-order valence-corrected chi connectivity index (χ3v) is 15.6. The van der Waals surface area contributed by atoms with Crippen molar-refractivity contribution in [2.75, 3.05) is 19.8 Å². The minimum absolute atomic E-state index is 0.246. The number of hydrogen-bond donors (Lipinski definition) is 9. The van der Waals surface area contributed by atoms with Crippen LogP contribution in [0.25, 0.3) is 0 Å². The first-order valence-corrected chi connectivity index (χ1v) is 31.6. The van der Waals surface area contributed by atoms with Crippen LogP contribution in [0.3, 0.4) is 0 Å². The summed E-state index contributed by atoms with van der Waals surface area (Å²) in [5.74, 6) is -0.246. The molecule has 0 aromatic carbocycles. The molecule has 2 aliphatic rings. The maximum absolute atomic E-state index is 13.2. The highest BCUT2D eigenvalue weighted by molar-refractivity contribution is 5.76. The molecule has 0 saturated carbocycles. The molecule has 14 nitrogen and oxygen atoms in total. The van der Waals surface area contributed by atoms with Crippen molar-refractivity contribution in [3.8, 4) is 0 Å². The van der Waals surface area contributed by atoms with Crippen LogP contribution in [-0.4, -0.2) is 140 Å². The Morgan fingerprint density at radius 3 is 1.29 bits per heavy atom. The number of carbonyl (C=O) groups excluding carboxylic acids is 1. The molecule has 2 rings (SSSR count). The van der Waals surface area contributed by atoms with Crippen LogP contribution in [0.4, 0.5) is 0 Å². The monoisotopic (exact) mass is 1080 g/mol. The highest BCUT2D eigenvalue weighted by atomic mass is 16.7. The van der Waals surface area contributed by atoms with Crippen LogP contribution in [0.15, 0.2) is 24.3 Å². The molecule has 2 saturated heterocycles. The van der Waals surface area contributed by atoms with Gasteiger partial charge in [0.15, 0.2) is 12.6 Å². The molecule has 448 valence electrons. The van der Waals surface area contributed by atoms with Crippen molar-refractivity contribution in [3.05, 3.63) is 24.3 Å². The second-order valence-corrected chi connectivity index (χ2v) is 22.5. The van der Waals surface area contributed by atoms with Crippen molar-refractivity contribution < 1.29 is 64.6 Å². The molecule has 0 aliphatic carbocycles. The van der Waals surface area contributed by atoms with Crippen molar-refractivity contribution in [1.82, 2.24) is 5.32 Å². The molecular formula is C62H117NO13. The van der Waals surface area contributed by atoms with Crippen molar-refractivity contribution in [3.63, 3.8) is 0 Å². The van der Waals surface area contributed by atoms with E-state index < -0.39 is 86.8 Å². The number of aliphatic hydroxyl groups is 8. The van der Waals surface area contributed by atoms with E-state index in [4.69, 9.17) is 18.9 Å². The van der Waals surface area contributed by atoms with Gasteiger partial charge in [0.25, 0.3) is 0 Å². The summed E-state index contributed by atoms with van der Waals surface area (Å²) >= 11 is 0. The predicted octanol–water partition coefficient (Wildman–Crippen LogP) is 11.2. The van der Waals surface area contributed by atoms with Gasteiger partial charge in [-0.2, -0.15) is 0 Å². The summed E-state index contributed by atoms with van der Waals surface area (Å²) in [5.41, 5.74) is 0. The molecule has 12 unspecified atom stereocenters. The van der Waals surface area contributed by atoms with E-state index in [9.17, 15) is 45.6 Å². The van der Waals surface area contributed by atoms with Gasteiger partial charge >= 0.3 is 0 Å². The standard InChI is InChI=1S/C62H117NO13/c1-3-5-7-9-11-13-15-17-19-20-21-22-23-24-25-26-27-28-29-30-31-32-33-35-37-39-41-43-45-51(66)50(63-54(67)46-44-42-40-38-36-34-18-16-14-12-10-8-6-4-2)49-73-61-59(72)57(70)60(53(48-65)75-61)76-62-58(71)56(69)55(68)52(47-64)74-62/h35,37,43,45,50-53,55-62,64-66,68-72H,3-34,36,38-42,44,46-49H2,1-2H3,(H,63,67)/b37-35+,45-43+. The van der Waals surface area contributed by atoms with Crippen LogP contribution < -0.4 is 5.32 Å². The van der Waals surface area contributed by atoms with Gasteiger partial charge in [0.1, 0.15) is 48.8 Å². The largest absolute Gasteiger partial charge is 0.394 e. The number of carbonyl (C=O) groups is 1. The third kappa shape index (κ3) is 33.3. The van der Waals surface area contributed by atoms with Gasteiger partial charge in [0, 0.05) is 6.42 Å². The fraction of sp³-hybridized carbons (Fsp3) is 0.919. The fourth-order valence-corrected chi connectivity index (χ4v) is 10.5. The zero-order valence-electron chi connectivity index (χ0n) is 48.3. The highest BCUT2D eigenvalue weighted by Crippen LogP contribution is 2.30. The number of allylic oxidation sites excluding steroid dienone is 3. The number of rotatable bonds is 51. The number of unbranched alkanes of at least 4 members (excludes halogenated alkanes) is 36. The van der Waals surface area contributed by atoms with Crippen LogP contribution in [0.5, 0.6) is 0 Å². The molecule has 0 aromatic heterocycles. The Kier molecular flexibility index (Phi) is 44.8. The van der Waals surface area contributed by atoms with Crippen LogP contribution in [-0.2, 0) is 23.7 Å². The molecule has 2 heterocycles. The molecule has 76 heavy (non-hydrogen) atoms. The van der Waals surface area contributed by atoms with Crippen LogP contribution in [0, 0.1) is 0 Å². The number of hydrogen-bond acceptors (Lipinski definition) is 13. The Morgan fingerprint density at radius 2 is 0.842 bits per heavy atom. The Morgan fingerprint density at radius 1 is 0.461 bits per heavy atom. The Balaban J connectivity index is 1.72. The third-order valence-electron chi connectivity index (χ3n) is 15.6. The van der Waals surface area contributed by atoms with E-state index in [0.29, 0.717) is 12.8 Å². The van der Waals surface area contributed by atoms with Gasteiger partial charge < -0.3 is 65.1 Å². The summed E-state index contributed by atoms with van der Waals surface area (Å²) in [6.45, 7) is 2.81. The van der Waals surface area contributed by atoms with Gasteiger partial charge in [-0.05, 0) is 32.1 Å². The normalized spacial score (nSPS) is 25.0. The Labute approximate surface area is 462 Å². The van der Waals surface area contributed by atoms with E-state index >= 15 is 0 Å². The van der Waals surface area contributed by atoms with Gasteiger partial charge in [-0.25, -0.2) is 0 Å². The van der Waals surface area contributed by atoms with Crippen molar-refractivity contribution in [2.24, 2.45) is 0 Å². The first-order valence-electron chi connectivity index (χ1n) is 31.6.